The summed E-state index contributed by atoms with van der Waals surface area (Å²) >= 11 is 0. The molecule has 0 unspecified atom stereocenters. The first kappa shape index (κ1) is 22.3. The van der Waals surface area contributed by atoms with Crippen LogP contribution in [0.5, 0.6) is 0 Å². The highest BCUT2D eigenvalue weighted by atomic mass is 16.2. The molecule has 0 atom stereocenters. The fourth-order valence-electron chi connectivity index (χ4n) is 1.69. The lowest BCUT2D eigenvalue weighted by atomic mass is 10.4. The second-order valence-electron chi connectivity index (χ2n) is 5.44. The van der Waals surface area contributed by atoms with Gasteiger partial charge in [-0.1, -0.05) is 0 Å². The van der Waals surface area contributed by atoms with E-state index in [1.165, 1.54) is 0 Å². The normalized spacial score (nSPS) is 19.5. The van der Waals surface area contributed by atoms with Crippen molar-refractivity contribution in [2.45, 2.75) is 0 Å². The largest absolute Gasteiger partial charge is 0.346 e. The highest BCUT2D eigenvalue weighted by molar-refractivity contribution is 5.93. The van der Waals surface area contributed by atoms with Gasteiger partial charge in [0.05, 0.1) is 45.8 Å². The lowest BCUT2D eigenvalue weighted by Crippen LogP contribution is -2.46. The Hall–Kier alpha value is -3.71. The van der Waals surface area contributed by atoms with Gasteiger partial charge in [0, 0.05) is 0 Å². The molecule has 1 saturated heterocycles. The van der Waals surface area contributed by atoms with Crippen molar-refractivity contribution in [3.63, 3.8) is 0 Å². The molecule has 0 radical (unpaired) electrons. The van der Waals surface area contributed by atoms with E-state index in [-0.39, 0.29) is 0 Å². The molecule has 0 aliphatic carbocycles. The van der Waals surface area contributed by atoms with Crippen molar-refractivity contribution >= 4 is 41.4 Å². The molecular formula is C14H21N7O7. The van der Waals surface area contributed by atoms with E-state index < -0.39 is 87.2 Å². The van der Waals surface area contributed by atoms with Gasteiger partial charge in [-0.2, -0.15) is 0 Å². The van der Waals surface area contributed by atoms with Crippen molar-refractivity contribution in [2.75, 3.05) is 45.8 Å². The average molecular weight is 399 g/mol. The zero-order chi connectivity index (χ0) is 20.9. The molecule has 1 fully saturated rings. The van der Waals surface area contributed by atoms with Crippen molar-refractivity contribution in [3.05, 3.63) is 0 Å². The molecule has 0 aromatic rings. The Balaban J connectivity index is 2.59. The van der Waals surface area contributed by atoms with Crippen molar-refractivity contribution in [3.8, 4) is 0 Å². The number of carbonyl (C=O) groups is 7. The first-order valence-electron chi connectivity index (χ1n) is 8.13. The number of rotatable bonds is 0. The van der Waals surface area contributed by atoms with Crippen LogP contribution in [0, 0.1) is 0 Å². The summed E-state index contributed by atoms with van der Waals surface area (Å²) in [5, 5.41) is 15.6. The van der Waals surface area contributed by atoms with E-state index in [2.05, 4.69) is 37.2 Å². The van der Waals surface area contributed by atoms with Crippen molar-refractivity contribution < 1.29 is 33.6 Å². The highest BCUT2D eigenvalue weighted by Crippen LogP contribution is 1.74. The Bertz CT molecular complexity index is 465. The summed E-state index contributed by atoms with van der Waals surface area (Å²) in [5.74, 6) is -4.61. The first-order valence-corrected chi connectivity index (χ1v) is 8.13. The van der Waals surface area contributed by atoms with E-state index in [0.717, 1.165) is 0 Å². The van der Waals surface area contributed by atoms with Gasteiger partial charge < -0.3 is 37.2 Å². The van der Waals surface area contributed by atoms with Crippen LogP contribution in [-0.4, -0.2) is 87.2 Å². The Morgan fingerprint density at radius 2 is 0.393 bits per heavy atom. The number of carbonyl (C=O) groups excluding carboxylic acids is 7. The zero-order valence-corrected chi connectivity index (χ0v) is 14.8. The molecule has 0 bridgehead atoms. The van der Waals surface area contributed by atoms with Gasteiger partial charge in [-0.3, -0.25) is 33.6 Å². The third kappa shape index (κ3) is 10.3. The van der Waals surface area contributed by atoms with Gasteiger partial charge in [-0.25, -0.2) is 0 Å². The average Bonchev–Trinajstić information content (AvgIpc) is 2.67. The number of nitrogens with one attached hydrogen (secondary N) is 7. The summed E-state index contributed by atoms with van der Waals surface area (Å²) in [5.41, 5.74) is 0. The smallest absolute Gasteiger partial charge is 0.239 e. The minimum Gasteiger partial charge on any atom is -0.346 e. The molecule has 28 heavy (non-hydrogen) atoms. The molecular weight excluding hydrogens is 378 g/mol. The van der Waals surface area contributed by atoms with E-state index in [4.69, 9.17) is 0 Å². The van der Waals surface area contributed by atoms with Crippen LogP contribution in [0.25, 0.3) is 0 Å². The zero-order valence-electron chi connectivity index (χ0n) is 14.8. The molecule has 1 aliphatic heterocycles. The van der Waals surface area contributed by atoms with Gasteiger partial charge in [0.1, 0.15) is 0 Å². The standard InChI is InChI=1S/C14H21N7O7/c22-8-1-15-9(23)2-17-11(25)4-19-13(27)6-21-14(28)7-20-12(26)5-18-10(24)3-16-8/h1-7H2,(H,15,23)(H,16,22)(H,17,25)(H,18,24)(H,19,27)(H,20,26)(H,21,28). The molecule has 14 nitrogen and oxygen atoms in total. The molecule has 0 saturated carbocycles. The van der Waals surface area contributed by atoms with Crippen LogP contribution in [0.4, 0.5) is 0 Å². The predicted molar refractivity (Wildman–Crippen MR) is 91.1 cm³/mol. The van der Waals surface area contributed by atoms with Crippen LogP contribution >= 0.6 is 0 Å². The summed E-state index contributed by atoms with van der Waals surface area (Å²) in [6.45, 7) is -2.97. The minimum atomic E-state index is -0.658. The van der Waals surface area contributed by atoms with Gasteiger partial charge in [0.25, 0.3) is 0 Å². The first-order chi connectivity index (χ1) is 13.3. The molecule has 1 aliphatic rings. The molecule has 0 aromatic carbocycles. The van der Waals surface area contributed by atoms with E-state index in [9.17, 15) is 33.6 Å². The van der Waals surface area contributed by atoms with Crippen LogP contribution in [0.2, 0.25) is 0 Å². The van der Waals surface area contributed by atoms with Crippen LogP contribution < -0.4 is 37.2 Å². The molecule has 0 spiro atoms. The third-order valence-electron chi connectivity index (χ3n) is 3.12. The maximum absolute atomic E-state index is 11.5. The van der Waals surface area contributed by atoms with Gasteiger partial charge in [-0.15, -0.1) is 0 Å². The van der Waals surface area contributed by atoms with Gasteiger partial charge in [0.15, 0.2) is 0 Å². The number of amides is 7. The molecule has 0 aromatic heterocycles. The topological polar surface area (TPSA) is 204 Å². The van der Waals surface area contributed by atoms with Crippen LogP contribution in [-0.2, 0) is 33.6 Å². The highest BCUT2D eigenvalue weighted by Gasteiger charge is 2.12. The SMILES string of the molecule is O=C1CNC(=O)CNC(=O)CNC(=O)CNC(=O)CNC(=O)CNC(=O)CN1. The third-order valence-corrected chi connectivity index (χ3v) is 3.12. The molecule has 7 amide bonds. The Kier molecular flexibility index (Phi) is 9.43. The van der Waals surface area contributed by atoms with Gasteiger partial charge in [0.2, 0.25) is 41.4 Å². The van der Waals surface area contributed by atoms with Crippen molar-refractivity contribution in [2.24, 2.45) is 0 Å². The molecule has 7 N–H and O–H groups in total. The summed E-state index contributed by atoms with van der Waals surface area (Å²) in [4.78, 5) is 80.7. The maximum atomic E-state index is 11.5. The lowest BCUT2D eigenvalue weighted by Gasteiger charge is -2.08. The Labute approximate surface area is 158 Å². The van der Waals surface area contributed by atoms with Crippen LogP contribution in [0.1, 0.15) is 0 Å². The quantitative estimate of drug-likeness (QED) is 0.210. The van der Waals surface area contributed by atoms with Gasteiger partial charge >= 0.3 is 0 Å². The van der Waals surface area contributed by atoms with E-state index in [1.807, 2.05) is 0 Å². The van der Waals surface area contributed by atoms with Crippen molar-refractivity contribution in [1.82, 2.24) is 37.2 Å². The monoisotopic (exact) mass is 399 g/mol. The number of hydrogen-bond acceptors (Lipinski definition) is 7. The van der Waals surface area contributed by atoms with E-state index in [1.54, 1.807) is 0 Å². The second-order valence-corrected chi connectivity index (χ2v) is 5.44. The summed E-state index contributed by atoms with van der Waals surface area (Å²) < 4.78 is 0. The maximum Gasteiger partial charge on any atom is 0.239 e. The van der Waals surface area contributed by atoms with Crippen LogP contribution in [0.15, 0.2) is 0 Å². The summed E-state index contributed by atoms with van der Waals surface area (Å²) in [7, 11) is 0. The fraction of sp³-hybridized carbons (Fsp3) is 0.500. The predicted octanol–water partition coefficient (Wildman–Crippen LogP) is -6.19. The van der Waals surface area contributed by atoms with E-state index in [0.29, 0.717) is 0 Å². The molecule has 154 valence electrons. The Morgan fingerprint density at radius 3 is 0.500 bits per heavy atom. The van der Waals surface area contributed by atoms with Crippen LogP contribution in [0.3, 0.4) is 0 Å². The molecule has 14 heteroatoms. The minimum absolute atomic E-state index is 0.424. The molecule has 1 rings (SSSR count). The van der Waals surface area contributed by atoms with Gasteiger partial charge in [-0.05, 0) is 0 Å². The van der Waals surface area contributed by atoms with Crippen molar-refractivity contribution in [1.29, 1.82) is 0 Å². The lowest BCUT2D eigenvalue weighted by molar-refractivity contribution is -0.129. The summed E-state index contributed by atoms with van der Waals surface area (Å²) in [6.07, 6.45) is 0. The second kappa shape index (κ2) is 11.8. The number of hydrogen-bond donors (Lipinski definition) is 7. The Morgan fingerprint density at radius 1 is 0.286 bits per heavy atom. The summed E-state index contributed by atoms with van der Waals surface area (Å²) in [6, 6.07) is 0. The van der Waals surface area contributed by atoms with E-state index >= 15 is 0 Å². The molecule has 1 heterocycles. The fourth-order valence-corrected chi connectivity index (χ4v) is 1.69.